The van der Waals surface area contributed by atoms with Crippen LogP contribution in [0.2, 0.25) is 0 Å². The Morgan fingerprint density at radius 1 is 0.758 bits per heavy atom. The van der Waals surface area contributed by atoms with Gasteiger partial charge in [0.2, 0.25) is 0 Å². The zero-order valence-electron chi connectivity index (χ0n) is 17.9. The average molecular weight is 464 g/mol. The van der Waals surface area contributed by atoms with E-state index in [1.165, 1.54) is 18.2 Å². The van der Waals surface area contributed by atoms with Gasteiger partial charge in [-0.3, -0.25) is 0 Å². The van der Waals surface area contributed by atoms with Crippen LogP contribution >= 0.6 is 0 Å². The van der Waals surface area contributed by atoms with Crippen LogP contribution in [0.3, 0.4) is 0 Å². The predicted octanol–water partition coefficient (Wildman–Crippen LogP) is 7.81. The first-order valence-electron chi connectivity index (χ1n) is 10.4. The highest BCUT2D eigenvalue weighted by molar-refractivity contribution is 5.65. The third-order valence-electron chi connectivity index (χ3n) is 5.09. The summed E-state index contributed by atoms with van der Waals surface area (Å²) in [7, 11) is 0. The molecule has 0 aliphatic heterocycles. The minimum atomic E-state index is -2.81. The minimum Gasteiger partial charge on any atom is -0.459 e. The van der Waals surface area contributed by atoms with Crippen molar-refractivity contribution in [3.63, 3.8) is 0 Å². The average Bonchev–Trinajstić information content (AvgIpc) is 2.75. The lowest BCUT2D eigenvalue weighted by Gasteiger charge is -2.10. The van der Waals surface area contributed by atoms with Crippen LogP contribution in [-0.4, -0.2) is 6.43 Å². The monoisotopic (exact) mass is 464 g/mol. The van der Waals surface area contributed by atoms with E-state index in [0.29, 0.717) is 29.0 Å². The smallest absolute Gasteiger partial charge is 0.260 e. The van der Waals surface area contributed by atoms with Gasteiger partial charge in [-0.05, 0) is 65.8 Å². The first kappa shape index (κ1) is 24.4. The number of rotatable bonds is 9. The molecule has 0 saturated carbocycles. The minimum absolute atomic E-state index is 0.122. The number of hydrogen-bond acceptors (Lipinski definition) is 1. The zero-order chi connectivity index (χ0) is 24.0. The summed E-state index contributed by atoms with van der Waals surface area (Å²) in [5.41, 5.74) is 2.11. The highest BCUT2D eigenvalue weighted by atomic mass is 19.3. The van der Waals surface area contributed by atoms with Gasteiger partial charge in [-0.25, -0.2) is 26.3 Å². The normalized spacial score (nSPS) is 11.5. The molecule has 0 N–H and O–H groups in total. The molecule has 1 nitrogen and oxygen atoms in total. The van der Waals surface area contributed by atoms with Crippen LogP contribution in [0, 0.1) is 23.3 Å². The SMILES string of the molecule is CCCc1ccc(-c2ccc(CCc3cc(F)c(OC=CC(F)F)c(F)c3)c(F)c2)c(F)c1. The molecule has 0 amide bonds. The summed E-state index contributed by atoms with van der Waals surface area (Å²) in [4.78, 5) is 0. The second kappa shape index (κ2) is 11.1. The van der Waals surface area contributed by atoms with Crippen molar-refractivity contribution in [1.29, 1.82) is 0 Å². The topological polar surface area (TPSA) is 9.23 Å². The molecule has 33 heavy (non-hydrogen) atoms. The van der Waals surface area contributed by atoms with E-state index in [2.05, 4.69) is 4.74 Å². The molecular formula is C26H22F6O. The molecule has 0 heterocycles. The Morgan fingerprint density at radius 2 is 1.45 bits per heavy atom. The number of alkyl halides is 2. The largest absolute Gasteiger partial charge is 0.459 e. The molecule has 0 aliphatic carbocycles. The van der Waals surface area contributed by atoms with Crippen molar-refractivity contribution >= 4 is 0 Å². The van der Waals surface area contributed by atoms with Crippen LogP contribution in [0.4, 0.5) is 26.3 Å². The fraction of sp³-hybridized carbons (Fsp3) is 0.231. The molecule has 7 heteroatoms. The number of allylic oxidation sites excluding steroid dienone is 1. The van der Waals surface area contributed by atoms with Gasteiger partial charge in [0.05, 0.1) is 6.26 Å². The van der Waals surface area contributed by atoms with E-state index in [-0.39, 0.29) is 18.4 Å². The Morgan fingerprint density at radius 3 is 2.06 bits per heavy atom. The van der Waals surface area contributed by atoms with Crippen molar-refractivity contribution in [2.24, 2.45) is 0 Å². The van der Waals surface area contributed by atoms with Crippen molar-refractivity contribution in [3.05, 3.63) is 101 Å². The molecule has 0 radical (unpaired) electrons. The Kier molecular flexibility index (Phi) is 8.20. The fourth-order valence-electron chi connectivity index (χ4n) is 3.47. The lowest BCUT2D eigenvalue weighted by atomic mass is 9.98. The summed E-state index contributed by atoms with van der Waals surface area (Å²) in [6, 6.07) is 11.3. The van der Waals surface area contributed by atoms with Crippen molar-refractivity contribution in [2.75, 3.05) is 0 Å². The van der Waals surface area contributed by atoms with Gasteiger partial charge in [-0.15, -0.1) is 0 Å². The van der Waals surface area contributed by atoms with Gasteiger partial charge in [-0.2, -0.15) is 0 Å². The molecule has 3 aromatic carbocycles. The van der Waals surface area contributed by atoms with E-state index in [1.54, 1.807) is 12.1 Å². The Balaban J connectivity index is 1.71. The van der Waals surface area contributed by atoms with E-state index in [0.717, 1.165) is 30.5 Å². The van der Waals surface area contributed by atoms with Crippen LogP contribution in [-0.2, 0) is 19.3 Å². The Hall–Kier alpha value is -3.22. The molecule has 0 fully saturated rings. The van der Waals surface area contributed by atoms with Crippen LogP contribution in [0.25, 0.3) is 11.1 Å². The van der Waals surface area contributed by atoms with E-state index in [9.17, 15) is 26.3 Å². The Bertz CT molecular complexity index is 1120. The first-order chi connectivity index (χ1) is 15.8. The Labute approximate surface area is 188 Å². The van der Waals surface area contributed by atoms with Gasteiger partial charge in [0, 0.05) is 11.6 Å². The molecule has 0 aliphatic rings. The maximum absolute atomic E-state index is 14.6. The number of ether oxygens (including phenoxy) is 1. The van der Waals surface area contributed by atoms with Crippen molar-refractivity contribution in [3.8, 4) is 16.9 Å². The highest BCUT2D eigenvalue weighted by Crippen LogP contribution is 2.28. The van der Waals surface area contributed by atoms with Crippen LogP contribution in [0.5, 0.6) is 5.75 Å². The van der Waals surface area contributed by atoms with Gasteiger partial charge in [0.1, 0.15) is 11.6 Å². The molecule has 0 atom stereocenters. The van der Waals surface area contributed by atoms with E-state index >= 15 is 0 Å². The van der Waals surface area contributed by atoms with E-state index in [4.69, 9.17) is 0 Å². The summed E-state index contributed by atoms with van der Waals surface area (Å²) < 4.78 is 86.0. The van der Waals surface area contributed by atoms with E-state index in [1.807, 2.05) is 13.0 Å². The van der Waals surface area contributed by atoms with Crippen molar-refractivity contribution in [1.82, 2.24) is 0 Å². The van der Waals surface area contributed by atoms with Crippen molar-refractivity contribution in [2.45, 2.75) is 39.0 Å². The lowest BCUT2D eigenvalue weighted by Crippen LogP contribution is -1.99. The molecular weight excluding hydrogens is 442 g/mol. The van der Waals surface area contributed by atoms with Crippen LogP contribution < -0.4 is 4.74 Å². The summed E-state index contributed by atoms with van der Waals surface area (Å²) in [6.07, 6.45) is -0.0278. The van der Waals surface area contributed by atoms with E-state index < -0.39 is 35.4 Å². The molecule has 0 unspecified atom stereocenters. The highest BCUT2D eigenvalue weighted by Gasteiger charge is 2.14. The standard InChI is InChI=1S/C26H22F6O/c1-2-3-16-5-9-20(22(28)12-16)19-8-7-18(21(27)15-19)6-4-17-13-23(29)26(24(30)14-17)33-11-10-25(31)32/h5,7-15,25H,2-4,6H2,1H3. The summed E-state index contributed by atoms with van der Waals surface area (Å²) in [5.74, 6) is -3.88. The molecule has 174 valence electrons. The van der Waals surface area contributed by atoms with Gasteiger partial charge in [0.15, 0.2) is 17.4 Å². The number of aryl methyl sites for hydroxylation is 3. The van der Waals surface area contributed by atoms with Gasteiger partial charge >= 0.3 is 0 Å². The summed E-state index contributed by atoms with van der Waals surface area (Å²) in [5, 5.41) is 0. The predicted molar refractivity (Wildman–Crippen MR) is 115 cm³/mol. The first-order valence-corrected chi connectivity index (χ1v) is 10.4. The number of hydrogen-bond donors (Lipinski definition) is 0. The van der Waals surface area contributed by atoms with Gasteiger partial charge in [-0.1, -0.05) is 37.6 Å². The second-order valence-electron chi connectivity index (χ2n) is 7.54. The maximum Gasteiger partial charge on any atom is 0.260 e. The molecule has 0 spiro atoms. The molecule has 3 aromatic rings. The molecule has 0 aromatic heterocycles. The third kappa shape index (κ3) is 6.40. The zero-order valence-corrected chi connectivity index (χ0v) is 17.9. The summed E-state index contributed by atoms with van der Waals surface area (Å²) >= 11 is 0. The lowest BCUT2D eigenvalue weighted by molar-refractivity contribution is 0.200. The van der Waals surface area contributed by atoms with Crippen molar-refractivity contribution < 1.29 is 31.1 Å². The van der Waals surface area contributed by atoms with Gasteiger partial charge < -0.3 is 4.74 Å². The fourth-order valence-corrected chi connectivity index (χ4v) is 3.47. The number of benzene rings is 3. The molecule has 0 saturated heterocycles. The second-order valence-corrected chi connectivity index (χ2v) is 7.54. The quantitative estimate of drug-likeness (QED) is 0.232. The maximum atomic E-state index is 14.6. The van der Waals surface area contributed by atoms with Gasteiger partial charge in [0.25, 0.3) is 6.43 Å². The van der Waals surface area contributed by atoms with Crippen LogP contribution in [0.1, 0.15) is 30.0 Å². The molecule has 0 bridgehead atoms. The summed E-state index contributed by atoms with van der Waals surface area (Å²) in [6.45, 7) is 2.00. The van der Waals surface area contributed by atoms with Crippen LogP contribution in [0.15, 0.2) is 60.9 Å². The molecule has 3 rings (SSSR count). The third-order valence-corrected chi connectivity index (χ3v) is 5.09. The number of halogens is 6.